The molecule has 63 heavy (non-hydrogen) atoms. The molecule has 0 radical (unpaired) electrons. The number of rotatable bonds is 51. The Bertz CT molecular complexity index is 1060. The highest BCUT2D eigenvalue weighted by Crippen LogP contribution is 2.38. The van der Waals surface area contributed by atoms with Crippen LogP contribution in [0.2, 0.25) is 0 Å². The summed E-state index contributed by atoms with van der Waals surface area (Å²) >= 11 is 0. The molecular formula is C54H106NO7P. The summed E-state index contributed by atoms with van der Waals surface area (Å²) in [5.74, 6) is -0.329. The molecule has 0 rings (SSSR count). The minimum Gasteiger partial charge on any atom is -0.756 e. The van der Waals surface area contributed by atoms with E-state index in [-0.39, 0.29) is 25.8 Å². The molecule has 0 aromatic carbocycles. The second kappa shape index (κ2) is 47.5. The highest BCUT2D eigenvalue weighted by Gasteiger charge is 2.20. The molecule has 0 aliphatic heterocycles. The first-order valence-corrected chi connectivity index (χ1v) is 28.5. The number of esters is 1. The van der Waals surface area contributed by atoms with Gasteiger partial charge in [-0.1, -0.05) is 231 Å². The number of nitrogens with zero attached hydrogens (tertiary/aromatic N) is 1. The third kappa shape index (κ3) is 51.8. The van der Waals surface area contributed by atoms with Crippen molar-refractivity contribution in [1.82, 2.24) is 0 Å². The number of allylic oxidation sites excluding steroid dienone is 4. The van der Waals surface area contributed by atoms with E-state index in [9.17, 15) is 14.3 Å². The Balaban J connectivity index is 4.05. The first-order chi connectivity index (χ1) is 30.6. The van der Waals surface area contributed by atoms with Crippen LogP contribution in [-0.2, 0) is 27.9 Å². The predicted molar refractivity (Wildman–Crippen MR) is 268 cm³/mol. The maximum absolute atomic E-state index is 12.8. The van der Waals surface area contributed by atoms with Crippen molar-refractivity contribution in [2.45, 2.75) is 264 Å². The Labute approximate surface area is 392 Å². The van der Waals surface area contributed by atoms with E-state index in [4.69, 9.17) is 18.5 Å². The zero-order chi connectivity index (χ0) is 46.2. The standard InChI is InChI=1S/C54H106NO7P/c1-6-8-10-12-14-16-18-20-22-24-25-26-27-28-29-30-31-32-33-35-37-39-41-43-45-47-54(56)62-53(52-61-63(57,58)60-50-48-55(3,4)5)51-59-49-46-44-42-40-38-36-34-23-21-19-17-15-13-11-9-7-2/h18,20,24-25,53H,6-17,19,21-23,26-52H2,1-5H3/b20-18-,25-24-. The van der Waals surface area contributed by atoms with E-state index in [2.05, 4.69) is 38.2 Å². The Morgan fingerprint density at radius 2 is 0.873 bits per heavy atom. The molecule has 0 amide bonds. The monoisotopic (exact) mass is 912 g/mol. The SMILES string of the molecule is CCCCCCC/C=C\C/C=C\CCCCCCCCCCCCCCCC(=O)OC(COCCCCCCCCCCCCCCCCCC)COP(=O)([O-])OCC[N+](C)(C)C. The smallest absolute Gasteiger partial charge is 0.306 e. The Kier molecular flexibility index (Phi) is 46.7. The topological polar surface area (TPSA) is 94.1 Å². The number of hydrogen-bond donors (Lipinski definition) is 0. The van der Waals surface area contributed by atoms with Crippen molar-refractivity contribution in [2.75, 3.05) is 54.1 Å². The van der Waals surface area contributed by atoms with Gasteiger partial charge in [-0.25, -0.2) is 0 Å². The van der Waals surface area contributed by atoms with Crippen LogP contribution in [0, 0.1) is 0 Å². The summed E-state index contributed by atoms with van der Waals surface area (Å²) in [7, 11) is 1.37. The number of carbonyl (C=O) groups excluding carboxylic acids is 1. The molecule has 0 heterocycles. The number of phosphoric acid groups is 1. The second-order valence-electron chi connectivity index (χ2n) is 19.6. The molecule has 0 saturated heterocycles. The van der Waals surface area contributed by atoms with Crippen LogP contribution in [0.25, 0.3) is 0 Å². The van der Waals surface area contributed by atoms with Gasteiger partial charge in [-0.05, 0) is 44.9 Å². The zero-order valence-electron chi connectivity index (χ0n) is 42.5. The number of hydrogen-bond acceptors (Lipinski definition) is 7. The quantitative estimate of drug-likeness (QED) is 0.0197. The van der Waals surface area contributed by atoms with Gasteiger partial charge in [-0.15, -0.1) is 0 Å². The molecule has 0 aromatic rings. The summed E-state index contributed by atoms with van der Waals surface area (Å²) in [4.78, 5) is 25.2. The number of carbonyl (C=O) groups is 1. The molecule has 8 nitrogen and oxygen atoms in total. The average molecular weight is 912 g/mol. The molecule has 0 fully saturated rings. The average Bonchev–Trinajstić information content (AvgIpc) is 3.24. The number of likely N-dealkylation sites (N-methyl/N-ethyl adjacent to an activating group) is 1. The lowest BCUT2D eigenvalue weighted by Crippen LogP contribution is -2.37. The lowest BCUT2D eigenvalue weighted by Gasteiger charge is -2.28. The number of unbranched alkanes of at least 4 members (excludes halogenated alkanes) is 33. The van der Waals surface area contributed by atoms with Crippen LogP contribution >= 0.6 is 7.82 Å². The van der Waals surface area contributed by atoms with Gasteiger partial charge >= 0.3 is 5.97 Å². The fourth-order valence-electron chi connectivity index (χ4n) is 7.81. The third-order valence-corrected chi connectivity index (χ3v) is 13.0. The van der Waals surface area contributed by atoms with Gasteiger partial charge in [0, 0.05) is 13.0 Å². The molecule has 0 aliphatic carbocycles. The van der Waals surface area contributed by atoms with Gasteiger partial charge in [0.2, 0.25) is 0 Å². The minimum absolute atomic E-state index is 0.0288. The number of ether oxygens (including phenoxy) is 2. The molecule has 9 heteroatoms. The van der Waals surface area contributed by atoms with Crippen molar-refractivity contribution in [1.29, 1.82) is 0 Å². The van der Waals surface area contributed by atoms with Crippen molar-refractivity contribution in [3.63, 3.8) is 0 Å². The van der Waals surface area contributed by atoms with Crippen molar-refractivity contribution >= 4 is 13.8 Å². The van der Waals surface area contributed by atoms with Crippen molar-refractivity contribution < 1.29 is 37.3 Å². The van der Waals surface area contributed by atoms with Crippen molar-refractivity contribution in [3.05, 3.63) is 24.3 Å². The van der Waals surface area contributed by atoms with Crippen LogP contribution in [0.3, 0.4) is 0 Å². The van der Waals surface area contributed by atoms with Gasteiger partial charge in [0.05, 0.1) is 34.4 Å². The van der Waals surface area contributed by atoms with Crippen molar-refractivity contribution in [2.24, 2.45) is 0 Å². The summed E-state index contributed by atoms with van der Waals surface area (Å²) in [5, 5.41) is 0. The van der Waals surface area contributed by atoms with Crippen LogP contribution in [0.5, 0.6) is 0 Å². The summed E-state index contributed by atoms with van der Waals surface area (Å²) in [6, 6.07) is 0. The minimum atomic E-state index is -4.53. The van der Waals surface area contributed by atoms with E-state index in [0.29, 0.717) is 24.1 Å². The van der Waals surface area contributed by atoms with Gasteiger partial charge in [0.15, 0.2) is 0 Å². The maximum Gasteiger partial charge on any atom is 0.306 e. The number of phosphoric ester groups is 1. The fourth-order valence-corrected chi connectivity index (χ4v) is 8.54. The van der Waals surface area contributed by atoms with Crippen LogP contribution < -0.4 is 4.89 Å². The number of quaternary nitrogens is 1. The van der Waals surface area contributed by atoms with Crippen LogP contribution in [0.4, 0.5) is 0 Å². The zero-order valence-corrected chi connectivity index (χ0v) is 43.4. The molecular weight excluding hydrogens is 806 g/mol. The Morgan fingerprint density at radius 3 is 1.29 bits per heavy atom. The second-order valence-corrected chi connectivity index (χ2v) is 21.0. The fraction of sp³-hybridized carbons (Fsp3) is 0.907. The lowest BCUT2D eigenvalue weighted by molar-refractivity contribution is -0.870. The highest BCUT2D eigenvalue weighted by molar-refractivity contribution is 7.45. The van der Waals surface area contributed by atoms with Crippen LogP contribution in [0.1, 0.15) is 258 Å². The summed E-state index contributed by atoms with van der Waals surface area (Å²) < 4.78 is 34.8. The van der Waals surface area contributed by atoms with Gasteiger partial charge in [0.1, 0.15) is 19.3 Å². The van der Waals surface area contributed by atoms with Crippen LogP contribution in [-0.4, -0.2) is 70.7 Å². The van der Waals surface area contributed by atoms with Gasteiger partial charge in [0.25, 0.3) is 7.82 Å². The molecule has 0 spiro atoms. The maximum atomic E-state index is 12.8. The molecule has 0 bridgehead atoms. The molecule has 0 saturated carbocycles. The predicted octanol–water partition coefficient (Wildman–Crippen LogP) is 16.1. The molecule has 0 aromatic heterocycles. The largest absolute Gasteiger partial charge is 0.756 e. The van der Waals surface area contributed by atoms with Crippen LogP contribution in [0.15, 0.2) is 24.3 Å². The molecule has 2 unspecified atom stereocenters. The van der Waals surface area contributed by atoms with Gasteiger partial charge in [-0.2, -0.15) is 0 Å². The summed E-state index contributed by atoms with van der Waals surface area (Å²) in [6.45, 7) is 5.46. The molecule has 0 N–H and O–H groups in total. The van der Waals surface area contributed by atoms with E-state index in [1.807, 2.05) is 21.1 Å². The first kappa shape index (κ1) is 62.0. The summed E-state index contributed by atoms with van der Waals surface area (Å²) in [6.07, 6.45) is 56.3. The molecule has 0 aliphatic rings. The lowest BCUT2D eigenvalue weighted by atomic mass is 10.0. The normalized spacial score (nSPS) is 13.7. The third-order valence-electron chi connectivity index (χ3n) is 12.0. The highest BCUT2D eigenvalue weighted by atomic mass is 31.2. The van der Waals surface area contributed by atoms with E-state index in [0.717, 1.165) is 38.5 Å². The Hall–Kier alpha value is -1.02. The molecule has 374 valence electrons. The van der Waals surface area contributed by atoms with Crippen molar-refractivity contribution in [3.8, 4) is 0 Å². The van der Waals surface area contributed by atoms with E-state index < -0.39 is 13.9 Å². The summed E-state index contributed by atoms with van der Waals surface area (Å²) in [5.41, 5.74) is 0. The van der Waals surface area contributed by atoms with E-state index in [1.54, 1.807) is 0 Å². The Morgan fingerprint density at radius 1 is 0.492 bits per heavy atom. The first-order valence-electron chi connectivity index (χ1n) is 27.1. The van der Waals surface area contributed by atoms with Gasteiger partial charge in [-0.3, -0.25) is 9.36 Å². The van der Waals surface area contributed by atoms with Gasteiger partial charge < -0.3 is 27.9 Å². The van der Waals surface area contributed by atoms with E-state index in [1.165, 1.54) is 199 Å². The molecule has 2 atom stereocenters. The van der Waals surface area contributed by atoms with E-state index >= 15 is 0 Å².